The summed E-state index contributed by atoms with van der Waals surface area (Å²) in [6.45, 7) is 1.38. The van der Waals surface area contributed by atoms with Gasteiger partial charge in [0.05, 0.1) is 11.3 Å². The van der Waals surface area contributed by atoms with Gasteiger partial charge in [-0.2, -0.15) is 0 Å². The monoisotopic (exact) mass is 447 g/mol. The Balaban J connectivity index is 1.84. The fourth-order valence-corrected chi connectivity index (χ4v) is 3.65. The summed E-state index contributed by atoms with van der Waals surface area (Å²) in [6, 6.07) is 18.3. The van der Waals surface area contributed by atoms with Crippen LogP contribution in [-0.2, 0) is 14.4 Å². The molecular weight excluding hydrogens is 428 g/mol. The fraction of sp³-hybridized carbons (Fsp3) is 0.0800. The summed E-state index contributed by atoms with van der Waals surface area (Å²) in [7, 11) is 1.65. The molecule has 166 valence electrons. The van der Waals surface area contributed by atoms with E-state index in [1.165, 1.54) is 13.0 Å². The predicted octanol–water partition coefficient (Wildman–Crippen LogP) is 4.34. The number of imide groups is 1. The summed E-state index contributed by atoms with van der Waals surface area (Å²) in [5.74, 6) is -3.84. The lowest BCUT2D eigenvalue weighted by molar-refractivity contribution is -0.120. The predicted molar refractivity (Wildman–Crippen MR) is 121 cm³/mol. The zero-order valence-electron chi connectivity index (χ0n) is 17.8. The van der Waals surface area contributed by atoms with Crippen LogP contribution in [-0.4, -0.2) is 24.8 Å². The Morgan fingerprint density at radius 1 is 0.879 bits per heavy atom. The van der Waals surface area contributed by atoms with E-state index >= 15 is 0 Å². The molecule has 3 amide bonds. The number of carbonyl (C=O) groups excluding carboxylic acids is 3. The van der Waals surface area contributed by atoms with Crippen LogP contribution < -0.4 is 15.1 Å². The van der Waals surface area contributed by atoms with Crippen LogP contribution in [0.5, 0.6) is 0 Å². The van der Waals surface area contributed by atoms with Gasteiger partial charge in [0, 0.05) is 31.4 Å². The maximum absolute atomic E-state index is 13.9. The van der Waals surface area contributed by atoms with E-state index in [-0.39, 0.29) is 22.9 Å². The number of hydrogen-bond donors (Lipinski definition) is 1. The minimum Gasteiger partial charge on any atom is -0.339 e. The molecule has 0 aromatic heterocycles. The molecular formula is C25H19F2N3O3. The van der Waals surface area contributed by atoms with Crippen LogP contribution in [0, 0.1) is 11.6 Å². The molecule has 3 aromatic rings. The summed E-state index contributed by atoms with van der Waals surface area (Å²) < 4.78 is 27.4. The van der Waals surface area contributed by atoms with E-state index in [2.05, 4.69) is 5.32 Å². The molecule has 4 rings (SSSR count). The van der Waals surface area contributed by atoms with Gasteiger partial charge in [-0.15, -0.1) is 0 Å². The van der Waals surface area contributed by atoms with Crippen molar-refractivity contribution in [3.8, 4) is 0 Å². The van der Waals surface area contributed by atoms with Crippen LogP contribution in [0.1, 0.15) is 12.5 Å². The lowest BCUT2D eigenvalue weighted by atomic mass is 10.0. The van der Waals surface area contributed by atoms with Gasteiger partial charge in [-0.05, 0) is 42.0 Å². The highest BCUT2D eigenvalue weighted by molar-refractivity contribution is 6.46. The lowest BCUT2D eigenvalue weighted by Crippen LogP contribution is -2.34. The molecule has 1 heterocycles. The summed E-state index contributed by atoms with van der Waals surface area (Å²) >= 11 is 0. The van der Waals surface area contributed by atoms with Crippen LogP contribution in [0.15, 0.2) is 78.5 Å². The zero-order valence-corrected chi connectivity index (χ0v) is 17.8. The number of likely N-dealkylation sites (N-methyl/N-ethyl adjacent to an activating group) is 1. The van der Waals surface area contributed by atoms with Gasteiger partial charge < -0.3 is 10.2 Å². The number of rotatable bonds is 5. The topological polar surface area (TPSA) is 69.7 Å². The average molecular weight is 447 g/mol. The maximum atomic E-state index is 13.9. The molecule has 0 radical (unpaired) electrons. The first-order chi connectivity index (χ1) is 15.8. The Kier molecular flexibility index (Phi) is 5.74. The number of nitrogens with one attached hydrogen (secondary N) is 1. The average Bonchev–Trinajstić information content (AvgIpc) is 3.06. The molecule has 0 spiro atoms. The van der Waals surface area contributed by atoms with E-state index in [1.807, 2.05) is 6.07 Å². The highest BCUT2D eigenvalue weighted by atomic mass is 19.2. The summed E-state index contributed by atoms with van der Waals surface area (Å²) in [5, 5.41) is 2.64. The first kappa shape index (κ1) is 21.9. The van der Waals surface area contributed by atoms with Gasteiger partial charge in [-0.1, -0.05) is 30.3 Å². The molecule has 33 heavy (non-hydrogen) atoms. The highest BCUT2D eigenvalue weighted by Gasteiger charge is 2.42. The molecule has 0 bridgehead atoms. The van der Waals surface area contributed by atoms with Crippen molar-refractivity contribution in [1.29, 1.82) is 0 Å². The zero-order chi connectivity index (χ0) is 23.7. The number of para-hydroxylation sites is 1. The third-order valence-corrected chi connectivity index (χ3v) is 5.19. The van der Waals surface area contributed by atoms with Crippen molar-refractivity contribution in [3.63, 3.8) is 0 Å². The minimum atomic E-state index is -1.17. The molecule has 0 fully saturated rings. The molecule has 0 saturated heterocycles. The highest BCUT2D eigenvalue weighted by Crippen LogP contribution is 2.36. The van der Waals surface area contributed by atoms with Crippen LogP contribution in [0.25, 0.3) is 5.57 Å². The molecule has 3 aromatic carbocycles. The summed E-state index contributed by atoms with van der Waals surface area (Å²) in [4.78, 5) is 40.6. The van der Waals surface area contributed by atoms with Crippen molar-refractivity contribution in [2.45, 2.75) is 6.92 Å². The first-order valence-corrected chi connectivity index (χ1v) is 10.0. The Morgan fingerprint density at radius 2 is 1.55 bits per heavy atom. The smallest absolute Gasteiger partial charge is 0.282 e. The van der Waals surface area contributed by atoms with Crippen LogP contribution >= 0.6 is 0 Å². The van der Waals surface area contributed by atoms with Gasteiger partial charge in [0.15, 0.2) is 11.6 Å². The van der Waals surface area contributed by atoms with Crippen LogP contribution in [0.2, 0.25) is 0 Å². The van der Waals surface area contributed by atoms with Crippen molar-refractivity contribution >= 4 is 40.4 Å². The van der Waals surface area contributed by atoms with Gasteiger partial charge in [0.25, 0.3) is 11.8 Å². The quantitative estimate of drug-likeness (QED) is 0.591. The van der Waals surface area contributed by atoms with Crippen molar-refractivity contribution in [3.05, 3.63) is 95.7 Å². The SMILES string of the molecule is CC(=O)Nc1ccc(C2=C(N(C)c3ccccc3)C(=O)N(c3ccc(F)c(F)c3)C2=O)cc1. The van der Waals surface area contributed by atoms with E-state index in [1.54, 1.807) is 60.5 Å². The van der Waals surface area contributed by atoms with E-state index in [0.29, 0.717) is 16.9 Å². The Bertz CT molecular complexity index is 1290. The summed E-state index contributed by atoms with van der Waals surface area (Å²) in [6.07, 6.45) is 0. The molecule has 8 heteroatoms. The van der Waals surface area contributed by atoms with Crippen molar-refractivity contribution in [2.24, 2.45) is 0 Å². The minimum absolute atomic E-state index is 0.0762. The molecule has 0 aliphatic carbocycles. The van der Waals surface area contributed by atoms with Crippen molar-refractivity contribution in [2.75, 3.05) is 22.2 Å². The molecule has 0 unspecified atom stereocenters. The maximum Gasteiger partial charge on any atom is 0.282 e. The van der Waals surface area contributed by atoms with Gasteiger partial charge in [-0.3, -0.25) is 14.4 Å². The normalized spacial score (nSPS) is 13.5. The number of benzene rings is 3. The fourth-order valence-electron chi connectivity index (χ4n) is 3.65. The van der Waals surface area contributed by atoms with E-state index in [4.69, 9.17) is 0 Å². The van der Waals surface area contributed by atoms with Crippen molar-refractivity contribution < 1.29 is 23.2 Å². The number of hydrogen-bond acceptors (Lipinski definition) is 4. The van der Waals surface area contributed by atoms with E-state index < -0.39 is 23.4 Å². The number of nitrogens with zero attached hydrogens (tertiary/aromatic N) is 2. The molecule has 0 atom stereocenters. The van der Waals surface area contributed by atoms with Gasteiger partial charge in [0.2, 0.25) is 5.91 Å². The van der Waals surface area contributed by atoms with Gasteiger partial charge in [0.1, 0.15) is 5.70 Å². The summed E-state index contributed by atoms with van der Waals surface area (Å²) in [5.41, 5.74) is 1.74. The van der Waals surface area contributed by atoms with Gasteiger partial charge in [-0.25, -0.2) is 13.7 Å². The van der Waals surface area contributed by atoms with E-state index in [9.17, 15) is 23.2 Å². The second-order valence-electron chi connectivity index (χ2n) is 7.42. The van der Waals surface area contributed by atoms with E-state index in [0.717, 1.165) is 17.0 Å². The van der Waals surface area contributed by atoms with Crippen molar-refractivity contribution in [1.82, 2.24) is 0 Å². The first-order valence-electron chi connectivity index (χ1n) is 10.0. The number of carbonyl (C=O) groups is 3. The third kappa shape index (κ3) is 4.10. The van der Waals surface area contributed by atoms with Gasteiger partial charge >= 0.3 is 0 Å². The number of halogens is 2. The lowest BCUT2D eigenvalue weighted by Gasteiger charge is -2.21. The standard InChI is InChI=1S/C25H19F2N3O3/c1-15(31)28-17-10-8-16(9-11-17)22-23(29(2)18-6-4-3-5-7-18)25(33)30(24(22)32)19-12-13-20(26)21(27)14-19/h3-14H,1-2H3,(H,28,31). The molecule has 1 aliphatic rings. The second kappa shape index (κ2) is 8.66. The molecule has 6 nitrogen and oxygen atoms in total. The third-order valence-electron chi connectivity index (χ3n) is 5.19. The second-order valence-corrected chi connectivity index (χ2v) is 7.42. The molecule has 1 N–H and O–H groups in total. The molecule has 0 saturated carbocycles. The van der Waals surface area contributed by atoms with Crippen LogP contribution in [0.3, 0.4) is 0 Å². The largest absolute Gasteiger partial charge is 0.339 e. The Morgan fingerprint density at radius 3 is 2.15 bits per heavy atom. The Labute approximate surface area is 188 Å². The number of amides is 3. The van der Waals surface area contributed by atoms with Crippen LogP contribution in [0.4, 0.5) is 25.8 Å². The Hall–Kier alpha value is -4.33. The number of anilines is 3. The molecule has 1 aliphatic heterocycles.